The van der Waals surface area contributed by atoms with Crippen LogP contribution in [0.2, 0.25) is 0 Å². The zero-order valence-corrected chi connectivity index (χ0v) is 13.6. The maximum Gasteiger partial charge on any atom is 0.130 e. The first-order valence-corrected chi connectivity index (χ1v) is 8.02. The normalized spacial score (nSPS) is 11.4. The first kappa shape index (κ1) is 17.3. The van der Waals surface area contributed by atoms with Gasteiger partial charge in [0.2, 0.25) is 0 Å². The van der Waals surface area contributed by atoms with Crippen molar-refractivity contribution in [3.63, 3.8) is 0 Å². The van der Waals surface area contributed by atoms with Gasteiger partial charge < -0.3 is 14.5 Å². The number of hydrogen-bond acceptors (Lipinski definition) is 3. The van der Waals surface area contributed by atoms with Crippen molar-refractivity contribution in [2.24, 2.45) is 0 Å². The summed E-state index contributed by atoms with van der Waals surface area (Å²) in [5.41, 5.74) is 1.24. The number of hydrogen-bond donors (Lipinski definition) is 1. The van der Waals surface area contributed by atoms with Crippen LogP contribution in [0.4, 0.5) is 0 Å². The third-order valence-electron chi connectivity index (χ3n) is 3.41. The van der Waals surface area contributed by atoms with Crippen LogP contribution in [0.25, 0.3) is 0 Å². The summed E-state index contributed by atoms with van der Waals surface area (Å²) in [6.07, 6.45) is 6.38. The van der Waals surface area contributed by atoms with E-state index < -0.39 is 0 Å². The number of furan rings is 1. The minimum absolute atomic E-state index is 0.493. The number of nitrogens with one attached hydrogen (secondary N) is 1. The molecule has 0 aromatic carbocycles. The number of rotatable bonds is 11. The Morgan fingerprint density at radius 1 is 1.20 bits per heavy atom. The molecule has 1 rings (SSSR count). The molecule has 1 N–H and O–H groups in total. The van der Waals surface area contributed by atoms with E-state index in [1.165, 1.54) is 31.2 Å². The molecule has 0 radical (unpaired) electrons. The molecule has 0 bridgehead atoms. The average molecular weight is 281 g/mol. The largest absolute Gasteiger partial charge is 0.464 e. The highest BCUT2D eigenvalue weighted by Gasteiger charge is 2.07. The van der Waals surface area contributed by atoms with E-state index in [0.29, 0.717) is 12.6 Å². The van der Waals surface area contributed by atoms with Gasteiger partial charge in [-0.1, -0.05) is 46.5 Å². The zero-order chi connectivity index (χ0) is 14.8. The van der Waals surface area contributed by atoms with Crippen LogP contribution in [0.15, 0.2) is 10.5 Å². The van der Waals surface area contributed by atoms with Crippen LogP contribution in [-0.4, -0.2) is 12.6 Å². The number of unbranched alkanes of at least 4 members (excludes halogenated alkanes) is 4. The summed E-state index contributed by atoms with van der Waals surface area (Å²) in [5, 5.41) is 3.41. The molecular formula is C17H31NO2. The molecule has 0 atom stereocenters. The quantitative estimate of drug-likeness (QED) is 0.603. The Kier molecular flexibility index (Phi) is 8.63. The number of aryl methyl sites for hydroxylation is 1. The SMILES string of the molecule is CCCCCCCOCc1cc(CNC(C)C)c(C)o1. The molecule has 3 heteroatoms. The highest BCUT2D eigenvalue weighted by molar-refractivity contribution is 5.20. The Hall–Kier alpha value is -0.800. The Morgan fingerprint density at radius 2 is 1.95 bits per heavy atom. The van der Waals surface area contributed by atoms with Gasteiger partial charge in [0.05, 0.1) is 0 Å². The fourth-order valence-corrected chi connectivity index (χ4v) is 2.13. The van der Waals surface area contributed by atoms with E-state index in [-0.39, 0.29) is 0 Å². The van der Waals surface area contributed by atoms with Crippen molar-refractivity contribution in [3.05, 3.63) is 23.2 Å². The van der Waals surface area contributed by atoms with Crippen molar-refractivity contribution < 1.29 is 9.15 Å². The van der Waals surface area contributed by atoms with Gasteiger partial charge in [0, 0.05) is 24.8 Å². The van der Waals surface area contributed by atoms with Crippen LogP contribution >= 0.6 is 0 Å². The van der Waals surface area contributed by atoms with Gasteiger partial charge in [0.1, 0.15) is 18.1 Å². The Labute approximate surface area is 124 Å². The van der Waals surface area contributed by atoms with Gasteiger partial charge in [-0.2, -0.15) is 0 Å². The van der Waals surface area contributed by atoms with Crippen LogP contribution in [-0.2, 0) is 17.9 Å². The lowest BCUT2D eigenvalue weighted by Crippen LogP contribution is -2.21. The summed E-state index contributed by atoms with van der Waals surface area (Å²) in [7, 11) is 0. The lowest BCUT2D eigenvalue weighted by atomic mass is 10.2. The lowest BCUT2D eigenvalue weighted by Gasteiger charge is -2.06. The predicted octanol–water partition coefficient (Wildman–Crippen LogP) is 4.57. The van der Waals surface area contributed by atoms with E-state index in [4.69, 9.17) is 9.15 Å². The first-order valence-electron chi connectivity index (χ1n) is 8.02. The highest BCUT2D eigenvalue weighted by atomic mass is 16.5. The molecule has 0 spiro atoms. The molecular weight excluding hydrogens is 250 g/mol. The molecule has 116 valence electrons. The molecule has 0 amide bonds. The van der Waals surface area contributed by atoms with Gasteiger partial charge in [0.15, 0.2) is 0 Å². The van der Waals surface area contributed by atoms with Gasteiger partial charge >= 0.3 is 0 Å². The fraction of sp³-hybridized carbons (Fsp3) is 0.765. The first-order chi connectivity index (χ1) is 9.63. The van der Waals surface area contributed by atoms with E-state index in [2.05, 4.69) is 32.2 Å². The second-order valence-corrected chi connectivity index (χ2v) is 5.80. The van der Waals surface area contributed by atoms with Crippen molar-refractivity contribution >= 4 is 0 Å². The summed E-state index contributed by atoms with van der Waals surface area (Å²) in [6, 6.07) is 2.61. The Balaban J connectivity index is 2.19. The smallest absolute Gasteiger partial charge is 0.130 e. The lowest BCUT2D eigenvalue weighted by molar-refractivity contribution is 0.102. The molecule has 20 heavy (non-hydrogen) atoms. The van der Waals surface area contributed by atoms with Crippen molar-refractivity contribution in [1.29, 1.82) is 0 Å². The van der Waals surface area contributed by atoms with Crippen LogP contribution in [0.1, 0.15) is 70.0 Å². The van der Waals surface area contributed by atoms with Crippen LogP contribution in [0, 0.1) is 6.92 Å². The molecule has 0 saturated carbocycles. The monoisotopic (exact) mass is 281 g/mol. The fourth-order valence-electron chi connectivity index (χ4n) is 2.13. The maximum atomic E-state index is 5.73. The molecule has 1 heterocycles. The summed E-state index contributed by atoms with van der Waals surface area (Å²) < 4.78 is 11.4. The Morgan fingerprint density at radius 3 is 2.65 bits per heavy atom. The van der Waals surface area contributed by atoms with Gasteiger partial charge in [-0.05, 0) is 19.4 Å². The Bertz CT molecular complexity index is 358. The minimum atomic E-state index is 0.493. The number of ether oxygens (including phenoxy) is 1. The van der Waals surface area contributed by atoms with Crippen LogP contribution < -0.4 is 5.32 Å². The molecule has 0 aliphatic carbocycles. The summed E-state index contributed by atoms with van der Waals surface area (Å²) in [4.78, 5) is 0. The summed E-state index contributed by atoms with van der Waals surface area (Å²) in [6.45, 7) is 10.9. The van der Waals surface area contributed by atoms with E-state index in [9.17, 15) is 0 Å². The highest BCUT2D eigenvalue weighted by Crippen LogP contribution is 2.15. The van der Waals surface area contributed by atoms with Gasteiger partial charge in [-0.25, -0.2) is 0 Å². The molecule has 1 aromatic rings. The van der Waals surface area contributed by atoms with Crippen molar-refractivity contribution in [1.82, 2.24) is 5.32 Å². The average Bonchev–Trinajstić information content (AvgIpc) is 2.76. The molecule has 0 unspecified atom stereocenters. The van der Waals surface area contributed by atoms with Crippen molar-refractivity contribution in [2.45, 2.75) is 79.0 Å². The third kappa shape index (κ3) is 7.11. The topological polar surface area (TPSA) is 34.4 Å². The molecule has 0 fully saturated rings. The second kappa shape index (κ2) is 10.0. The van der Waals surface area contributed by atoms with E-state index in [0.717, 1.165) is 31.1 Å². The van der Waals surface area contributed by atoms with E-state index >= 15 is 0 Å². The molecule has 0 aliphatic heterocycles. The van der Waals surface area contributed by atoms with Gasteiger partial charge in [-0.15, -0.1) is 0 Å². The molecule has 0 aliphatic rings. The summed E-state index contributed by atoms with van der Waals surface area (Å²) >= 11 is 0. The third-order valence-corrected chi connectivity index (χ3v) is 3.41. The predicted molar refractivity (Wildman–Crippen MR) is 83.8 cm³/mol. The van der Waals surface area contributed by atoms with Crippen molar-refractivity contribution in [3.8, 4) is 0 Å². The van der Waals surface area contributed by atoms with Crippen LogP contribution in [0.3, 0.4) is 0 Å². The van der Waals surface area contributed by atoms with Crippen LogP contribution in [0.5, 0.6) is 0 Å². The molecule has 0 saturated heterocycles. The van der Waals surface area contributed by atoms with E-state index in [1.807, 2.05) is 6.92 Å². The van der Waals surface area contributed by atoms with Crippen molar-refractivity contribution in [2.75, 3.05) is 6.61 Å². The molecule has 1 aromatic heterocycles. The standard InChI is InChI=1S/C17H31NO2/c1-5-6-7-8-9-10-19-13-17-11-16(15(4)20-17)12-18-14(2)3/h11,14,18H,5-10,12-13H2,1-4H3. The molecule has 3 nitrogen and oxygen atoms in total. The summed E-state index contributed by atoms with van der Waals surface area (Å²) in [5.74, 6) is 1.94. The maximum absolute atomic E-state index is 5.73. The second-order valence-electron chi connectivity index (χ2n) is 5.80. The minimum Gasteiger partial charge on any atom is -0.464 e. The van der Waals surface area contributed by atoms with Gasteiger partial charge in [-0.3, -0.25) is 0 Å². The van der Waals surface area contributed by atoms with E-state index in [1.54, 1.807) is 0 Å². The zero-order valence-electron chi connectivity index (χ0n) is 13.6. The van der Waals surface area contributed by atoms with Gasteiger partial charge in [0.25, 0.3) is 0 Å².